The van der Waals surface area contributed by atoms with Gasteiger partial charge in [0.1, 0.15) is 0 Å². The van der Waals surface area contributed by atoms with Crippen LogP contribution in [0.4, 0.5) is 0 Å². The summed E-state index contributed by atoms with van der Waals surface area (Å²) in [6, 6.07) is 0. The van der Waals surface area contributed by atoms with E-state index in [0.717, 1.165) is 0 Å². The van der Waals surface area contributed by atoms with Gasteiger partial charge in [0, 0.05) is 19.3 Å². The second-order valence-corrected chi connectivity index (χ2v) is 3.82. The van der Waals surface area contributed by atoms with Gasteiger partial charge in [0.05, 0.1) is 19.6 Å². The van der Waals surface area contributed by atoms with E-state index in [1.165, 1.54) is 7.11 Å². The van der Waals surface area contributed by atoms with Crippen LogP contribution in [0.2, 0.25) is 0 Å². The maximum atomic E-state index is 11.3. The predicted octanol–water partition coefficient (Wildman–Crippen LogP) is 0.983. The van der Waals surface area contributed by atoms with Gasteiger partial charge in [-0.3, -0.25) is 9.59 Å². The van der Waals surface area contributed by atoms with Gasteiger partial charge in [-0.25, -0.2) is 0 Å². The largest absolute Gasteiger partial charge is 0.469 e. The highest BCUT2D eigenvalue weighted by atomic mass is 16.5. The molecule has 0 saturated heterocycles. The van der Waals surface area contributed by atoms with Crippen molar-refractivity contribution < 1.29 is 19.4 Å². The molecule has 17 heavy (non-hydrogen) atoms. The molecule has 1 N–H and O–H groups in total. The average Bonchev–Trinajstić information content (AvgIpc) is 2.62. The Morgan fingerprint density at radius 3 is 2.82 bits per heavy atom. The fourth-order valence-corrected chi connectivity index (χ4v) is 1.57. The van der Waals surface area contributed by atoms with Crippen LogP contribution in [-0.2, 0) is 14.3 Å². The van der Waals surface area contributed by atoms with Crippen LogP contribution in [-0.4, -0.2) is 30.1 Å². The first-order chi connectivity index (χ1) is 8.13. The fourth-order valence-electron chi connectivity index (χ4n) is 1.57. The maximum absolute atomic E-state index is 11.3. The van der Waals surface area contributed by atoms with Crippen molar-refractivity contribution >= 4 is 11.8 Å². The number of carbonyl (C=O) groups is 2. The quantitative estimate of drug-likeness (QED) is 0.584. The molecule has 0 saturated carbocycles. The van der Waals surface area contributed by atoms with Gasteiger partial charge in [0.15, 0.2) is 5.78 Å². The first-order valence-electron chi connectivity index (χ1n) is 5.58. The zero-order chi connectivity index (χ0) is 12.7. The molecule has 0 fully saturated rings. The second kappa shape index (κ2) is 6.87. The number of carbonyl (C=O) groups excluding carboxylic acids is 2. The Hall–Kier alpha value is -1.60. The number of esters is 1. The summed E-state index contributed by atoms with van der Waals surface area (Å²) >= 11 is 0. The van der Waals surface area contributed by atoms with Gasteiger partial charge in [-0.15, -0.1) is 11.8 Å². The van der Waals surface area contributed by atoms with E-state index in [-0.39, 0.29) is 18.2 Å². The molecule has 0 spiro atoms. The Kier molecular flexibility index (Phi) is 5.44. The third-order valence-electron chi connectivity index (χ3n) is 2.47. The molecule has 0 aromatic carbocycles. The summed E-state index contributed by atoms with van der Waals surface area (Å²) in [5.74, 6) is 5.48. The molecule has 0 aromatic rings. The van der Waals surface area contributed by atoms with Gasteiger partial charge in [-0.2, -0.15) is 0 Å². The first kappa shape index (κ1) is 13.5. The van der Waals surface area contributed by atoms with E-state index in [4.69, 9.17) is 0 Å². The van der Waals surface area contributed by atoms with E-state index in [9.17, 15) is 14.7 Å². The van der Waals surface area contributed by atoms with E-state index in [1.54, 1.807) is 6.08 Å². The Balaban J connectivity index is 2.20. The lowest BCUT2D eigenvalue weighted by molar-refractivity contribution is -0.140. The van der Waals surface area contributed by atoms with Crippen molar-refractivity contribution in [2.45, 2.75) is 38.2 Å². The number of rotatable bonds is 4. The summed E-state index contributed by atoms with van der Waals surface area (Å²) < 4.78 is 4.48. The number of aliphatic hydroxyl groups excluding tert-OH is 1. The summed E-state index contributed by atoms with van der Waals surface area (Å²) in [6.45, 7) is 0. The van der Waals surface area contributed by atoms with Gasteiger partial charge < -0.3 is 9.84 Å². The molecule has 0 radical (unpaired) electrons. The smallest absolute Gasteiger partial charge is 0.306 e. The molecule has 1 unspecified atom stereocenters. The van der Waals surface area contributed by atoms with Crippen LogP contribution >= 0.6 is 0 Å². The van der Waals surface area contributed by atoms with Crippen molar-refractivity contribution in [3.63, 3.8) is 0 Å². The molecule has 0 aliphatic heterocycles. The highest BCUT2D eigenvalue weighted by molar-refractivity contribution is 5.98. The van der Waals surface area contributed by atoms with Crippen LogP contribution in [0.1, 0.15) is 32.1 Å². The van der Waals surface area contributed by atoms with Crippen molar-refractivity contribution in [1.82, 2.24) is 0 Å². The lowest BCUT2D eigenvalue weighted by Crippen LogP contribution is -2.01. The van der Waals surface area contributed by atoms with Gasteiger partial charge >= 0.3 is 5.97 Å². The molecule has 1 aliphatic rings. The molecule has 0 heterocycles. The summed E-state index contributed by atoms with van der Waals surface area (Å²) in [5, 5.41) is 9.21. The van der Waals surface area contributed by atoms with Crippen molar-refractivity contribution in [2.24, 2.45) is 0 Å². The van der Waals surface area contributed by atoms with Gasteiger partial charge in [-0.05, 0) is 18.1 Å². The van der Waals surface area contributed by atoms with Crippen molar-refractivity contribution in [3.8, 4) is 11.8 Å². The number of methoxy groups -OCH3 is 1. The van der Waals surface area contributed by atoms with E-state index < -0.39 is 6.10 Å². The van der Waals surface area contributed by atoms with Crippen LogP contribution in [0, 0.1) is 11.8 Å². The summed E-state index contributed by atoms with van der Waals surface area (Å²) in [6.07, 6.45) is 3.09. The third kappa shape index (κ3) is 4.83. The highest BCUT2D eigenvalue weighted by Crippen LogP contribution is 2.18. The number of hydrogen-bond donors (Lipinski definition) is 1. The zero-order valence-electron chi connectivity index (χ0n) is 9.86. The molecule has 4 heteroatoms. The third-order valence-corrected chi connectivity index (χ3v) is 2.47. The number of aliphatic hydroxyl groups is 1. The van der Waals surface area contributed by atoms with Crippen LogP contribution < -0.4 is 0 Å². The zero-order valence-corrected chi connectivity index (χ0v) is 9.86. The average molecular weight is 236 g/mol. The molecule has 1 aliphatic carbocycles. The van der Waals surface area contributed by atoms with Crippen molar-refractivity contribution in [2.75, 3.05) is 7.11 Å². The molecule has 0 bridgehead atoms. The fraction of sp³-hybridized carbons (Fsp3) is 0.538. The minimum Gasteiger partial charge on any atom is -0.469 e. The Bertz CT molecular complexity index is 384. The number of hydrogen-bond acceptors (Lipinski definition) is 4. The number of allylic oxidation sites excluding steroid dienone is 1. The van der Waals surface area contributed by atoms with Gasteiger partial charge in [-0.1, -0.05) is 0 Å². The normalized spacial score (nSPS) is 18.4. The molecule has 0 aromatic heterocycles. The number of ketones is 1. The molecule has 4 nitrogen and oxygen atoms in total. The second-order valence-electron chi connectivity index (χ2n) is 3.82. The first-order valence-corrected chi connectivity index (χ1v) is 5.58. The van der Waals surface area contributed by atoms with Crippen molar-refractivity contribution in [1.29, 1.82) is 0 Å². The Morgan fingerprint density at radius 2 is 2.24 bits per heavy atom. The maximum Gasteiger partial charge on any atom is 0.306 e. The van der Waals surface area contributed by atoms with Crippen molar-refractivity contribution in [3.05, 3.63) is 11.6 Å². The van der Waals surface area contributed by atoms with Crippen LogP contribution in [0.15, 0.2) is 11.6 Å². The minimum absolute atomic E-state index is 0.00820. The minimum atomic E-state index is -0.621. The van der Waals surface area contributed by atoms with Gasteiger partial charge in [0.2, 0.25) is 0 Å². The lowest BCUT2D eigenvalue weighted by atomic mass is 10.1. The predicted molar refractivity (Wildman–Crippen MR) is 62.0 cm³/mol. The molecule has 1 rings (SSSR count). The molecular weight excluding hydrogens is 220 g/mol. The van der Waals surface area contributed by atoms with E-state index in [2.05, 4.69) is 16.6 Å². The Morgan fingerprint density at radius 1 is 1.53 bits per heavy atom. The highest BCUT2D eigenvalue weighted by Gasteiger charge is 2.20. The van der Waals surface area contributed by atoms with Gasteiger partial charge in [0.25, 0.3) is 0 Å². The molecular formula is C13H16O4. The topological polar surface area (TPSA) is 63.6 Å². The van der Waals surface area contributed by atoms with E-state index in [1.807, 2.05) is 0 Å². The summed E-state index contributed by atoms with van der Waals surface area (Å²) in [4.78, 5) is 22.1. The van der Waals surface area contributed by atoms with E-state index in [0.29, 0.717) is 31.3 Å². The van der Waals surface area contributed by atoms with Crippen LogP contribution in [0.5, 0.6) is 0 Å². The summed E-state index contributed by atoms with van der Waals surface area (Å²) in [7, 11) is 1.35. The molecule has 1 atom stereocenters. The monoisotopic (exact) mass is 236 g/mol. The van der Waals surface area contributed by atoms with Crippen LogP contribution in [0.25, 0.3) is 0 Å². The lowest BCUT2D eigenvalue weighted by Gasteiger charge is -1.94. The molecule has 92 valence electrons. The van der Waals surface area contributed by atoms with Crippen LogP contribution in [0.3, 0.4) is 0 Å². The summed E-state index contributed by atoms with van der Waals surface area (Å²) in [5.41, 5.74) is 0.666. The number of Topliss-reactive ketones (excluding diaryl/α,β-unsaturated/α-hetero) is 1. The van der Waals surface area contributed by atoms with E-state index >= 15 is 0 Å². The Labute approximate surface area is 101 Å². The SMILES string of the molecule is COC(=O)CCC#CCCC1=CC(O)CC1=O. The molecule has 0 amide bonds. The standard InChI is InChI=1S/C13H16O4/c1-17-13(16)7-5-3-2-4-6-10-8-11(14)9-12(10)15/h8,11,14H,4-7,9H2,1H3. The number of ether oxygens (including phenoxy) is 1.